The molecule has 0 fully saturated rings. The molecular weight excluding hydrogens is 288 g/mol. The molecule has 0 aromatic carbocycles. The van der Waals surface area contributed by atoms with Crippen molar-refractivity contribution in [2.45, 2.75) is 38.6 Å². The Labute approximate surface area is 118 Å². The van der Waals surface area contributed by atoms with Crippen LogP contribution in [0.1, 0.15) is 37.7 Å². The van der Waals surface area contributed by atoms with Crippen LogP contribution < -0.4 is 0 Å². The molecule has 0 atom stereocenters. The molecule has 5 nitrogen and oxygen atoms in total. The Hall–Kier alpha value is -1.01. The summed E-state index contributed by atoms with van der Waals surface area (Å²) in [5, 5.41) is 0. The van der Waals surface area contributed by atoms with E-state index in [1.807, 2.05) is 20.8 Å². The number of hydrogen-bond acceptors (Lipinski definition) is 3. The highest BCUT2D eigenvalue weighted by atomic mass is 35.7. The highest BCUT2D eigenvalue weighted by Crippen LogP contribution is 2.20. The SMILES string of the molecule is CCCN(CC)C(=O)c1cc(S(=O)(=O)Cl)cn1CC. The van der Waals surface area contributed by atoms with Gasteiger partial charge in [-0.1, -0.05) is 6.92 Å². The van der Waals surface area contributed by atoms with Crippen molar-refractivity contribution < 1.29 is 13.2 Å². The summed E-state index contributed by atoms with van der Waals surface area (Å²) in [6.07, 6.45) is 2.25. The third kappa shape index (κ3) is 3.73. The average Bonchev–Trinajstić information content (AvgIpc) is 2.79. The zero-order valence-corrected chi connectivity index (χ0v) is 13.0. The van der Waals surface area contributed by atoms with Crippen molar-refractivity contribution in [3.63, 3.8) is 0 Å². The van der Waals surface area contributed by atoms with Gasteiger partial charge in [-0.15, -0.1) is 0 Å². The molecule has 0 N–H and O–H groups in total. The van der Waals surface area contributed by atoms with Crippen molar-refractivity contribution in [1.29, 1.82) is 0 Å². The number of amides is 1. The lowest BCUT2D eigenvalue weighted by Crippen LogP contribution is -2.32. The molecule has 0 aliphatic carbocycles. The summed E-state index contributed by atoms with van der Waals surface area (Å²) >= 11 is 0. The van der Waals surface area contributed by atoms with E-state index in [2.05, 4.69) is 0 Å². The van der Waals surface area contributed by atoms with E-state index in [-0.39, 0.29) is 10.8 Å². The van der Waals surface area contributed by atoms with Gasteiger partial charge in [-0.3, -0.25) is 4.79 Å². The maximum absolute atomic E-state index is 12.4. The van der Waals surface area contributed by atoms with Crippen molar-refractivity contribution in [3.05, 3.63) is 18.0 Å². The van der Waals surface area contributed by atoms with Gasteiger partial charge in [-0.2, -0.15) is 0 Å². The molecular formula is C12H19ClN2O3S. The quantitative estimate of drug-likeness (QED) is 0.758. The molecule has 1 rings (SSSR count). The number of aryl methyl sites for hydroxylation is 1. The minimum Gasteiger partial charge on any atom is -0.342 e. The first-order valence-corrected chi connectivity index (χ1v) is 8.60. The summed E-state index contributed by atoms with van der Waals surface area (Å²) in [7, 11) is 1.50. The monoisotopic (exact) mass is 306 g/mol. The van der Waals surface area contributed by atoms with Crippen LogP contribution in [0.4, 0.5) is 0 Å². The van der Waals surface area contributed by atoms with E-state index in [4.69, 9.17) is 10.7 Å². The lowest BCUT2D eigenvalue weighted by Gasteiger charge is -2.20. The lowest BCUT2D eigenvalue weighted by atomic mass is 10.3. The van der Waals surface area contributed by atoms with Crippen LogP contribution in [0.2, 0.25) is 0 Å². The van der Waals surface area contributed by atoms with Crippen LogP contribution in [0.5, 0.6) is 0 Å². The first-order valence-electron chi connectivity index (χ1n) is 6.29. The molecule has 1 amide bonds. The molecule has 19 heavy (non-hydrogen) atoms. The molecule has 0 spiro atoms. The number of hydrogen-bond donors (Lipinski definition) is 0. The summed E-state index contributed by atoms with van der Waals surface area (Å²) in [5.41, 5.74) is 0.358. The van der Waals surface area contributed by atoms with Gasteiger partial charge in [0.15, 0.2) is 0 Å². The first-order chi connectivity index (χ1) is 8.85. The molecule has 0 saturated carbocycles. The van der Waals surface area contributed by atoms with E-state index in [1.165, 1.54) is 12.3 Å². The summed E-state index contributed by atoms with van der Waals surface area (Å²) in [6, 6.07) is 1.34. The Morgan fingerprint density at radius 1 is 1.37 bits per heavy atom. The second-order valence-corrected chi connectivity index (χ2v) is 6.74. The van der Waals surface area contributed by atoms with Gasteiger partial charge in [0.1, 0.15) is 10.6 Å². The normalized spacial score (nSPS) is 11.6. The lowest BCUT2D eigenvalue weighted by molar-refractivity contribution is 0.0753. The molecule has 0 bridgehead atoms. The molecule has 0 saturated heterocycles. The largest absolute Gasteiger partial charge is 0.342 e. The van der Waals surface area contributed by atoms with Gasteiger partial charge in [0, 0.05) is 36.5 Å². The maximum atomic E-state index is 12.4. The van der Waals surface area contributed by atoms with Crippen LogP contribution in [0.15, 0.2) is 17.2 Å². The molecule has 108 valence electrons. The molecule has 1 aromatic heterocycles. The molecule has 0 aliphatic rings. The van der Waals surface area contributed by atoms with Gasteiger partial charge in [0.05, 0.1) is 0 Å². The standard InChI is InChI=1S/C12H19ClN2O3S/c1-4-7-14(5-2)12(16)11-8-10(19(13,17)18)9-15(11)6-3/h8-9H,4-7H2,1-3H3. The molecule has 7 heteroatoms. The van der Waals surface area contributed by atoms with E-state index < -0.39 is 9.05 Å². The van der Waals surface area contributed by atoms with Crippen molar-refractivity contribution in [1.82, 2.24) is 9.47 Å². The number of carbonyl (C=O) groups is 1. The van der Waals surface area contributed by atoms with Gasteiger partial charge >= 0.3 is 0 Å². The Bertz CT molecular complexity index is 551. The van der Waals surface area contributed by atoms with Crippen molar-refractivity contribution in [2.75, 3.05) is 13.1 Å². The highest BCUT2D eigenvalue weighted by Gasteiger charge is 2.22. The van der Waals surface area contributed by atoms with Gasteiger partial charge in [-0.25, -0.2) is 8.42 Å². The van der Waals surface area contributed by atoms with Gasteiger partial charge in [-0.05, 0) is 26.3 Å². The second-order valence-electron chi connectivity index (χ2n) is 4.17. The van der Waals surface area contributed by atoms with Crippen molar-refractivity contribution in [3.8, 4) is 0 Å². The number of rotatable bonds is 6. The molecule has 1 heterocycles. The van der Waals surface area contributed by atoms with Crippen LogP contribution in [-0.2, 0) is 15.6 Å². The molecule has 0 radical (unpaired) electrons. The Morgan fingerprint density at radius 2 is 2.00 bits per heavy atom. The zero-order valence-electron chi connectivity index (χ0n) is 11.4. The Balaban J connectivity index is 3.18. The van der Waals surface area contributed by atoms with Crippen LogP contribution in [0.25, 0.3) is 0 Å². The summed E-state index contributed by atoms with van der Waals surface area (Å²) < 4.78 is 24.3. The zero-order chi connectivity index (χ0) is 14.6. The van der Waals surface area contributed by atoms with Crippen molar-refractivity contribution in [2.24, 2.45) is 0 Å². The fourth-order valence-electron chi connectivity index (χ4n) is 1.89. The minimum absolute atomic E-state index is 0.0353. The molecule has 1 aromatic rings. The third-order valence-electron chi connectivity index (χ3n) is 2.88. The summed E-state index contributed by atoms with van der Waals surface area (Å²) in [6.45, 7) is 7.47. The van der Waals surface area contributed by atoms with Crippen LogP contribution in [0, 0.1) is 0 Å². The number of carbonyl (C=O) groups excluding carboxylic acids is 1. The topological polar surface area (TPSA) is 59.4 Å². The fourth-order valence-corrected chi connectivity index (χ4v) is 2.65. The first kappa shape index (κ1) is 16.0. The van der Waals surface area contributed by atoms with Gasteiger partial charge < -0.3 is 9.47 Å². The second kappa shape index (κ2) is 6.43. The van der Waals surface area contributed by atoms with E-state index in [9.17, 15) is 13.2 Å². The third-order valence-corrected chi connectivity index (χ3v) is 4.20. The fraction of sp³-hybridized carbons (Fsp3) is 0.583. The Morgan fingerprint density at radius 3 is 2.42 bits per heavy atom. The summed E-state index contributed by atoms with van der Waals surface area (Å²) in [4.78, 5) is 14.0. The molecule has 0 unspecified atom stereocenters. The predicted molar refractivity (Wildman–Crippen MR) is 75.0 cm³/mol. The highest BCUT2D eigenvalue weighted by molar-refractivity contribution is 8.13. The van der Waals surface area contributed by atoms with E-state index in [0.717, 1.165) is 6.42 Å². The van der Waals surface area contributed by atoms with Crippen LogP contribution in [0.3, 0.4) is 0 Å². The minimum atomic E-state index is -3.81. The average molecular weight is 307 g/mol. The van der Waals surface area contributed by atoms with Crippen LogP contribution >= 0.6 is 10.7 Å². The summed E-state index contributed by atoms with van der Waals surface area (Å²) in [5.74, 6) is -0.169. The number of nitrogens with zero attached hydrogens (tertiary/aromatic N) is 2. The van der Waals surface area contributed by atoms with Gasteiger partial charge in [0.25, 0.3) is 15.0 Å². The van der Waals surface area contributed by atoms with Crippen molar-refractivity contribution >= 4 is 25.6 Å². The smallest absolute Gasteiger partial charge is 0.270 e. The molecule has 0 aliphatic heterocycles. The maximum Gasteiger partial charge on any atom is 0.270 e. The number of halogens is 1. The predicted octanol–water partition coefficient (Wildman–Crippen LogP) is 2.31. The van der Waals surface area contributed by atoms with E-state index >= 15 is 0 Å². The van der Waals surface area contributed by atoms with E-state index in [1.54, 1.807) is 9.47 Å². The Kier molecular flexibility index (Phi) is 5.43. The van der Waals surface area contributed by atoms with Gasteiger partial charge in [0.2, 0.25) is 0 Å². The van der Waals surface area contributed by atoms with E-state index in [0.29, 0.717) is 25.3 Å². The van der Waals surface area contributed by atoms with Crippen LogP contribution in [-0.4, -0.2) is 36.9 Å². The number of aromatic nitrogens is 1.